The highest BCUT2D eigenvalue weighted by Crippen LogP contribution is 2.18. The molecule has 2 unspecified atom stereocenters. The molecule has 1 aliphatic rings. The Morgan fingerprint density at radius 2 is 2.00 bits per heavy atom. The largest absolute Gasteiger partial charge is 0.377 e. The first-order valence-electron chi connectivity index (χ1n) is 7.40. The van der Waals surface area contributed by atoms with Crippen molar-refractivity contribution in [2.75, 3.05) is 12.4 Å². The van der Waals surface area contributed by atoms with E-state index in [9.17, 15) is 13.2 Å². The van der Waals surface area contributed by atoms with E-state index in [4.69, 9.17) is 4.74 Å². The summed E-state index contributed by atoms with van der Waals surface area (Å²) in [6.07, 6.45) is 2.28. The summed E-state index contributed by atoms with van der Waals surface area (Å²) in [6, 6.07) is 7.15. The minimum atomic E-state index is -3.48. The topological polar surface area (TPSA) is 60.4 Å². The molecular weight excluding hydrogens is 288 g/mol. The minimum Gasteiger partial charge on any atom is -0.377 e. The zero-order valence-corrected chi connectivity index (χ0v) is 13.4. The highest BCUT2D eigenvalue weighted by molar-refractivity contribution is 7.92. The van der Waals surface area contributed by atoms with Crippen molar-refractivity contribution in [3.8, 4) is 0 Å². The number of sulfone groups is 1. The molecule has 1 saturated heterocycles. The molecule has 0 aromatic heterocycles. The lowest BCUT2D eigenvalue weighted by atomic mass is 10.1. The number of aryl methyl sites for hydroxylation is 1. The second-order valence-corrected chi connectivity index (χ2v) is 7.89. The van der Waals surface area contributed by atoms with Crippen molar-refractivity contribution in [3.05, 3.63) is 35.4 Å². The first kappa shape index (κ1) is 16.2. The van der Waals surface area contributed by atoms with Crippen LogP contribution in [0.1, 0.15) is 42.6 Å². The second-order valence-electron chi connectivity index (χ2n) is 5.52. The number of ketones is 1. The van der Waals surface area contributed by atoms with Gasteiger partial charge in [-0.25, -0.2) is 8.42 Å². The SMILES string of the molecule is CCc1ccc(C(=O)C(C)S(=O)(=O)CC2CCCO2)cc1. The third kappa shape index (κ3) is 3.92. The summed E-state index contributed by atoms with van der Waals surface area (Å²) in [5, 5.41) is -1.02. The van der Waals surface area contributed by atoms with Gasteiger partial charge in [-0.3, -0.25) is 4.79 Å². The maximum atomic E-state index is 12.3. The molecule has 1 fully saturated rings. The Bertz CT molecular complexity index is 583. The van der Waals surface area contributed by atoms with Crippen LogP contribution in [0.4, 0.5) is 0 Å². The van der Waals surface area contributed by atoms with Gasteiger partial charge in [0.15, 0.2) is 15.6 Å². The van der Waals surface area contributed by atoms with Gasteiger partial charge in [0.2, 0.25) is 0 Å². The van der Waals surface area contributed by atoms with E-state index in [1.165, 1.54) is 6.92 Å². The van der Waals surface area contributed by atoms with Crippen molar-refractivity contribution >= 4 is 15.6 Å². The summed E-state index contributed by atoms with van der Waals surface area (Å²) in [6.45, 7) is 4.12. The Morgan fingerprint density at radius 3 is 2.52 bits per heavy atom. The summed E-state index contributed by atoms with van der Waals surface area (Å²) in [5.41, 5.74) is 1.58. The van der Waals surface area contributed by atoms with E-state index in [0.29, 0.717) is 12.2 Å². The smallest absolute Gasteiger partial charge is 0.180 e. The molecule has 0 saturated carbocycles. The number of Topliss-reactive ketones (excluding diaryl/α,β-unsaturated/α-hetero) is 1. The Morgan fingerprint density at radius 1 is 1.33 bits per heavy atom. The fourth-order valence-electron chi connectivity index (χ4n) is 2.48. The van der Waals surface area contributed by atoms with Gasteiger partial charge < -0.3 is 4.74 Å². The average molecular weight is 310 g/mol. The number of carbonyl (C=O) groups is 1. The third-order valence-corrected chi connectivity index (χ3v) is 6.12. The molecule has 2 atom stereocenters. The Balaban J connectivity index is 2.09. The maximum absolute atomic E-state index is 12.3. The molecule has 1 heterocycles. The maximum Gasteiger partial charge on any atom is 0.180 e. The summed E-state index contributed by atoms with van der Waals surface area (Å²) < 4.78 is 30.0. The molecule has 1 aromatic carbocycles. The van der Waals surface area contributed by atoms with Crippen molar-refractivity contribution in [2.45, 2.75) is 44.5 Å². The molecule has 0 spiro atoms. The van der Waals surface area contributed by atoms with Crippen molar-refractivity contribution in [2.24, 2.45) is 0 Å². The summed E-state index contributed by atoms with van der Waals surface area (Å²) in [7, 11) is -3.48. The molecule has 0 aliphatic carbocycles. The van der Waals surface area contributed by atoms with Gasteiger partial charge >= 0.3 is 0 Å². The van der Waals surface area contributed by atoms with Gasteiger partial charge in [-0.15, -0.1) is 0 Å². The molecule has 0 radical (unpaired) electrons. The van der Waals surface area contributed by atoms with E-state index in [-0.39, 0.29) is 17.6 Å². The summed E-state index contributed by atoms with van der Waals surface area (Å²) >= 11 is 0. The van der Waals surface area contributed by atoms with E-state index in [2.05, 4.69) is 0 Å². The first-order chi connectivity index (χ1) is 9.94. The van der Waals surface area contributed by atoms with Crippen LogP contribution in [-0.4, -0.2) is 37.9 Å². The second kappa shape index (κ2) is 6.71. The van der Waals surface area contributed by atoms with Crippen LogP contribution in [0.3, 0.4) is 0 Å². The van der Waals surface area contributed by atoms with Gasteiger partial charge in [-0.2, -0.15) is 0 Å². The zero-order valence-electron chi connectivity index (χ0n) is 12.5. The molecule has 116 valence electrons. The molecule has 1 aromatic rings. The Labute approximate surface area is 126 Å². The van der Waals surface area contributed by atoms with Crippen molar-refractivity contribution in [1.29, 1.82) is 0 Å². The number of benzene rings is 1. The third-order valence-electron chi connectivity index (χ3n) is 4.00. The fraction of sp³-hybridized carbons (Fsp3) is 0.562. The zero-order chi connectivity index (χ0) is 15.5. The van der Waals surface area contributed by atoms with Crippen LogP contribution in [0.2, 0.25) is 0 Å². The number of hydrogen-bond donors (Lipinski definition) is 0. The highest BCUT2D eigenvalue weighted by atomic mass is 32.2. The lowest BCUT2D eigenvalue weighted by Gasteiger charge is -2.15. The van der Waals surface area contributed by atoms with Crippen LogP contribution in [0.15, 0.2) is 24.3 Å². The van der Waals surface area contributed by atoms with E-state index >= 15 is 0 Å². The average Bonchev–Trinajstić information content (AvgIpc) is 2.98. The van der Waals surface area contributed by atoms with E-state index < -0.39 is 15.1 Å². The lowest BCUT2D eigenvalue weighted by Crippen LogP contribution is -2.33. The Hall–Kier alpha value is -1.20. The molecule has 0 N–H and O–H groups in total. The first-order valence-corrected chi connectivity index (χ1v) is 9.12. The van der Waals surface area contributed by atoms with E-state index in [0.717, 1.165) is 24.8 Å². The predicted octanol–water partition coefficient (Wildman–Crippen LogP) is 2.41. The summed E-state index contributed by atoms with van der Waals surface area (Å²) in [5.74, 6) is -0.400. The van der Waals surface area contributed by atoms with Crippen LogP contribution in [0.5, 0.6) is 0 Å². The molecule has 0 bridgehead atoms. The van der Waals surface area contributed by atoms with Crippen molar-refractivity contribution < 1.29 is 17.9 Å². The minimum absolute atomic E-state index is 0.0625. The standard InChI is InChI=1S/C16H22O4S/c1-3-13-6-8-14(9-7-13)16(17)12(2)21(18,19)11-15-5-4-10-20-15/h6-9,12,15H,3-5,10-11H2,1-2H3. The monoisotopic (exact) mass is 310 g/mol. The van der Waals surface area contributed by atoms with Crippen molar-refractivity contribution in [1.82, 2.24) is 0 Å². The molecule has 5 heteroatoms. The number of rotatable bonds is 6. The van der Waals surface area contributed by atoms with Crippen LogP contribution >= 0.6 is 0 Å². The van der Waals surface area contributed by atoms with Crippen LogP contribution < -0.4 is 0 Å². The van der Waals surface area contributed by atoms with Crippen LogP contribution in [-0.2, 0) is 21.0 Å². The number of ether oxygens (including phenoxy) is 1. The Kier molecular flexibility index (Phi) is 5.17. The number of carbonyl (C=O) groups excluding carboxylic acids is 1. The van der Waals surface area contributed by atoms with Crippen LogP contribution in [0.25, 0.3) is 0 Å². The van der Waals surface area contributed by atoms with Gasteiger partial charge in [0, 0.05) is 12.2 Å². The van der Waals surface area contributed by atoms with Gasteiger partial charge in [0.25, 0.3) is 0 Å². The van der Waals surface area contributed by atoms with E-state index in [1.807, 2.05) is 19.1 Å². The molecule has 2 rings (SSSR count). The molecular formula is C16H22O4S. The van der Waals surface area contributed by atoms with Crippen LogP contribution in [0, 0.1) is 0 Å². The van der Waals surface area contributed by atoms with Crippen molar-refractivity contribution in [3.63, 3.8) is 0 Å². The quantitative estimate of drug-likeness (QED) is 0.757. The molecule has 1 aliphatic heterocycles. The normalized spacial score (nSPS) is 20.4. The lowest BCUT2D eigenvalue weighted by molar-refractivity contribution is 0.0990. The molecule has 4 nitrogen and oxygen atoms in total. The van der Waals surface area contributed by atoms with Gasteiger partial charge in [-0.05, 0) is 31.7 Å². The molecule has 21 heavy (non-hydrogen) atoms. The predicted molar refractivity (Wildman–Crippen MR) is 82.4 cm³/mol. The van der Waals surface area contributed by atoms with Gasteiger partial charge in [-0.1, -0.05) is 31.2 Å². The fourth-order valence-corrected chi connectivity index (χ4v) is 4.01. The highest BCUT2D eigenvalue weighted by Gasteiger charge is 2.32. The molecule has 0 amide bonds. The van der Waals surface area contributed by atoms with Gasteiger partial charge in [0.1, 0.15) is 5.25 Å². The number of hydrogen-bond acceptors (Lipinski definition) is 4. The summed E-state index contributed by atoms with van der Waals surface area (Å²) in [4.78, 5) is 12.3. The van der Waals surface area contributed by atoms with E-state index in [1.54, 1.807) is 12.1 Å². The van der Waals surface area contributed by atoms with Gasteiger partial charge in [0.05, 0.1) is 11.9 Å².